The molecule has 22 heavy (non-hydrogen) atoms. The predicted molar refractivity (Wildman–Crippen MR) is 84.5 cm³/mol. The molecule has 0 saturated heterocycles. The Morgan fingerprint density at radius 2 is 1.14 bits per heavy atom. The van der Waals surface area contributed by atoms with Crippen molar-refractivity contribution in [3.63, 3.8) is 0 Å². The van der Waals surface area contributed by atoms with E-state index in [4.69, 9.17) is 73.2 Å². The molecule has 0 aliphatic carbocycles. The lowest BCUT2D eigenvalue weighted by Gasteiger charge is -2.14. The van der Waals surface area contributed by atoms with Crippen molar-refractivity contribution in [1.29, 1.82) is 0 Å². The monoisotopic (exact) mass is 474 g/mol. The average molecular weight is 477 g/mol. The van der Waals surface area contributed by atoms with Gasteiger partial charge < -0.3 is 5.48 Å². The third-order valence-electron chi connectivity index (χ3n) is 2.02. The number of hydrogen-bond acceptors (Lipinski definition) is 5. The fraction of sp³-hybridized carbons (Fsp3) is 0.143. The van der Waals surface area contributed by atoms with Gasteiger partial charge in [-0.3, -0.25) is 0 Å². The summed E-state index contributed by atoms with van der Waals surface area (Å²) >= 11 is 28.8. The highest BCUT2D eigenvalue weighted by atomic mass is 35.7. The Kier molecular flexibility index (Phi) is 8.01. The Balaban J connectivity index is 0.00000441. The normalized spacial score (nSPS) is 12.4. The first-order valence-corrected chi connectivity index (χ1v) is 9.91. The molecule has 0 heterocycles. The Bertz CT molecular complexity index is 729. The fourth-order valence-corrected chi connectivity index (χ4v) is 4.49. The van der Waals surface area contributed by atoms with Gasteiger partial charge in [-0.25, -0.2) is 4.55 Å². The third kappa shape index (κ3) is 4.87. The lowest BCUT2D eigenvalue weighted by atomic mass is 10.2. The minimum atomic E-state index is -5.30. The minimum Gasteiger partial charge on any atom is -0.870 e. The summed E-state index contributed by atoms with van der Waals surface area (Å²) in [5.41, 5.74) is -0.343. The van der Waals surface area contributed by atoms with Gasteiger partial charge in [0.05, 0.1) is 30.7 Å². The molecule has 0 unspecified atom stereocenters. The molecule has 1 aromatic carbocycles. The predicted octanol–water partition coefficient (Wildman–Crippen LogP) is 4.12. The van der Waals surface area contributed by atoms with Gasteiger partial charge in [-0.15, -0.1) is 16.8 Å². The molecule has 0 bridgehead atoms. The number of rotatable bonds is 4. The average Bonchev–Trinajstić information content (AvgIpc) is 2.30. The van der Waals surface area contributed by atoms with Crippen molar-refractivity contribution >= 4 is 88.4 Å². The Hall–Kier alpha value is 0.740. The number of halogens is 6. The highest BCUT2D eigenvalue weighted by molar-refractivity contribution is 8.14. The first kappa shape index (κ1) is 22.7. The van der Waals surface area contributed by atoms with E-state index in [9.17, 15) is 16.8 Å². The van der Waals surface area contributed by atoms with E-state index in [0.717, 1.165) is 0 Å². The Morgan fingerprint density at radius 3 is 1.41 bits per heavy atom. The third-order valence-corrected chi connectivity index (χ3v) is 7.26. The molecule has 7 nitrogen and oxygen atoms in total. The van der Waals surface area contributed by atoms with Crippen LogP contribution >= 0.6 is 68.7 Å². The molecule has 0 spiro atoms. The van der Waals surface area contributed by atoms with Crippen LogP contribution in [0.4, 0.5) is 0 Å². The molecule has 0 aromatic heterocycles. The summed E-state index contributed by atoms with van der Waals surface area (Å²) in [5, 5.41) is -1.51. The molecule has 2 N–H and O–H groups in total. The molecule has 0 fully saturated rings. The quantitative estimate of drug-likeness (QED) is 0.229. The van der Waals surface area contributed by atoms with Crippen LogP contribution in [0.25, 0.3) is 0 Å². The first-order valence-electron chi connectivity index (χ1n) is 4.42. The second-order valence-electron chi connectivity index (χ2n) is 3.32. The SMILES string of the molecule is O=S(=O)(O)[O+](Cc1c(Cl)c(Cl)c(Cl)c(Cl)c1Cl)S(=O)(=O)Cl.[OH-]. The maximum atomic E-state index is 11.2. The van der Waals surface area contributed by atoms with Gasteiger partial charge in [0.15, 0.2) is 0 Å². The van der Waals surface area contributed by atoms with Gasteiger partial charge >= 0.3 is 19.7 Å². The molecule has 0 aliphatic rings. The minimum absolute atomic E-state index is 0. The van der Waals surface area contributed by atoms with Crippen molar-refractivity contribution in [2.75, 3.05) is 0 Å². The van der Waals surface area contributed by atoms with Gasteiger partial charge in [-0.1, -0.05) is 58.0 Å². The van der Waals surface area contributed by atoms with Gasteiger partial charge in [-0.05, 0) is 0 Å². The van der Waals surface area contributed by atoms with Crippen LogP contribution in [0, 0.1) is 0 Å². The zero-order chi connectivity index (χ0) is 16.7. The molecule has 0 amide bonds. The van der Waals surface area contributed by atoms with Gasteiger partial charge in [-0.2, -0.15) is 3.26 Å². The van der Waals surface area contributed by atoms with E-state index in [0.29, 0.717) is 3.26 Å². The number of benzene rings is 1. The van der Waals surface area contributed by atoms with Crippen LogP contribution < -0.4 is 0 Å². The molecule has 1 aromatic rings. The van der Waals surface area contributed by atoms with Crippen molar-refractivity contribution in [1.82, 2.24) is 0 Å². The van der Waals surface area contributed by atoms with E-state index in [-0.39, 0.29) is 36.2 Å². The summed E-state index contributed by atoms with van der Waals surface area (Å²) < 4.78 is 53.8. The van der Waals surface area contributed by atoms with E-state index < -0.39 is 26.3 Å². The zero-order valence-corrected chi connectivity index (χ0v) is 15.9. The van der Waals surface area contributed by atoms with E-state index >= 15 is 0 Å². The summed E-state index contributed by atoms with van der Waals surface area (Å²) in [6, 6.07) is 0. The Morgan fingerprint density at radius 1 is 0.818 bits per heavy atom. The standard InChI is InChI=1S/C7H2Cl6O6S2.H2O/c8-3-2(4(9)6(11)7(12)5(3)10)1-19(20(13,14)15)21(16,17)18;/h1H2;1H2. The maximum absolute atomic E-state index is 11.2. The molecular weight excluding hydrogens is 473 g/mol. The van der Waals surface area contributed by atoms with Crippen LogP contribution in [0.15, 0.2) is 0 Å². The van der Waals surface area contributed by atoms with Crippen molar-refractivity contribution in [2.24, 2.45) is 0 Å². The first-order chi connectivity index (χ1) is 9.28. The molecular formula is C7H4Cl6O7S2. The Labute approximate surface area is 155 Å². The lowest BCUT2D eigenvalue weighted by Crippen LogP contribution is -2.25. The summed E-state index contributed by atoms with van der Waals surface area (Å²) in [6.07, 6.45) is 0. The molecule has 0 radical (unpaired) electrons. The van der Waals surface area contributed by atoms with Crippen LogP contribution in [0.5, 0.6) is 0 Å². The van der Waals surface area contributed by atoms with Crippen LogP contribution in [-0.2, 0) is 29.6 Å². The summed E-state index contributed by atoms with van der Waals surface area (Å²) in [6.45, 7) is -1.11. The van der Waals surface area contributed by atoms with Crippen LogP contribution in [-0.4, -0.2) is 26.9 Å². The molecule has 1 rings (SSSR count). The molecule has 0 saturated carbocycles. The van der Waals surface area contributed by atoms with Crippen LogP contribution in [0.3, 0.4) is 0 Å². The molecule has 15 heteroatoms. The van der Waals surface area contributed by atoms with Gasteiger partial charge in [0, 0.05) is 0 Å². The second-order valence-corrected chi connectivity index (χ2v) is 9.00. The van der Waals surface area contributed by atoms with E-state index in [1.165, 1.54) is 0 Å². The second kappa shape index (κ2) is 7.75. The van der Waals surface area contributed by atoms with Crippen molar-refractivity contribution in [2.45, 2.75) is 6.61 Å². The van der Waals surface area contributed by atoms with Gasteiger partial charge in [0.1, 0.15) is 10.7 Å². The van der Waals surface area contributed by atoms with Crippen molar-refractivity contribution in [3.8, 4) is 0 Å². The topological polar surface area (TPSA) is 121 Å². The fourth-order valence-electron chi connectivity index (χ4n) is 1.14. The molecule has 0 atom stereocenters. The zero-order valence-electron chi connectivity index (χ0n) is 9.73. The lowest BCUT2D eigenvalue weighted by molar-refractivity contribution is 0.157. The summed E-state index contributed by atoms with van der Waals surface area (Å²) in [5.74, 6) is 0. The highest BCUT2D eigenvalue weighted by Crippen LogP contribution is 2.45. The summed E-state index contributed by atoms with van der Waals surface area (Å²) in [4.78, 5) is 0. The number of hydrogen-bond donors (Lipinski definition) is 1. The maximum Gasteiger partial charge on any atom is 0.546 e. The van der Waals surface area contributed by atoms with Crippen molar-refractivity contribution in [3.05, 3.63) is 30.7 Å². The van der Waals surface area contributed by atoms with Gasteiger partial charge in [0.25, 0.3) is 0 Å². The van der Waals surface area contributed by atoms with Crippen LogP contribution in [0.2, 0.25) is 25.1 Å². The summed E-state index contributed by atoms with van der Waals surface area (Å²) in [7, 11) is -5.35. The van der Waals surface area contributed by atoms with E-state index in [2.05, 4.69) is 0 Å². The van der Waals surface area contributed by atoms with Crippen molar-refractivity contribution < 1.29 is 30.1 Å². The largest absolute Gasteiger partial charge is 0.870 e. The molecule has 128 valence electrons. The molecule has 0 aliphatic heterocycles. The van der Waals surface area contributed by atoms with Gasteiger partial charge in [0.2, 0.25) is 6.61 Å². The van der Waals surface area contributed by atoms with E-state index in [1.54, 1.807) is 0 Å². The van der Waals surface area contributed by atoms with E-state index in [1.807, 2.05) is 0 Å². The van der Waals surface area contributed by atoms with Crippen LogP contribution in [0.1, 0.15) is 5.56 Å². The highest BCUT2D eigenvalue weighted by Gasteiger charge is 2.41. The smallest absolute Gasteiger partial charge is 0.546 e.